The van der Waals surface area contributed by atoms with E-state index in [2.05, 4.69) is 4.72 Å². The van der Waals surface area contributed by atoms with Crippen molar-refractivity contribution in [2.24, 2.45) is 0 Å². The molecule has 1 fully saturated rings. The van der Waals surface area contributed by atoms with Crippen LogP contribution in [0.3, 0.4) is 0 Å². The van der Waals surface area contributed by atoms with Gasteiger partial charge in [0.25, 0.3) is 5.91 Å². The molecule has 0 atom stereocenters. The second kappa shape index (κ2) is 7.84. The largest absolute Gasteiger partial charge is 0.370 e. The molecule has 0 unspecified atom stereocenters. The van der Waals surface area contributed by atoms with Gasteiger partial charge in [0.15, 0.2) is 0 Å². The fraction of sp³-hybridized carbons (Fsp3) is 0.278. The van der Waals surface area contributed by atoms with Crippen molar-refractivity contribution >= 4 is 27.3 Å². The van der Waals surface area contributed by atoms with Crippen molar-refractivity contribution in [3.05, 3.63) is 59.9 Å². The molecule has 26 heavy (non-hydrogen) atoms. The van der Waals surface area contributed by atoms with E-state index >= 15 is 0 Å². The van der Waals surface area contributed by atoms with Crippen LogP contribution >= 0.6 is 0 Å². The molecule has 1 N–H and O–H groups in total. The number of hydrogen-bond donors (Lipinski definition) is 1. The van der Waals surface area contributed by atoms with E-state index in [1.165, 1.54) is 6.07 Å². The molecule has 8 heteroatoms. The lowest BCUT2D eigenvalue weighted by atomic mass is 10.2. The molecule has 1 aliphatic heterocycles. The molecule has 6 nitrogen and oxygen atoms in total. The first-order chi connectivity index (χ1) is 12.4. The van der Waals surface area contributed by atoms with Crippen molar-refractivity contribution < 1.29 is 22.3 Å². The number of nitrogens with zero attached hydrogens (tertiary/aromatic N) is 1. The molecule has 2 aromatic carbocycles. The number of nitrogens with one attached hydrogen (secondary N) is 1. The molecule has 0 spiro atoms. The maximum absolute atomic E-state index is 13.6. The summed E-state index contributed by atoms with van der Waals surface area (Å²) >= 11 is 0. The lowest BCUT2D eigenvalue weighted by molar-refractivity contribution is -0.125. The number of ether oxygens (including phenoxy) is 1. The van der Waals surface area contributed by atoms with Crippen LogP contribution in [0.2, 0.25) is 0 Å². The average Bonchev–Trinajstić information content (AvgIpc) is 2.62. The number of sulfonamides is 1. The smallest absolute Gasteiger partial charge is 0.253 e. The number of carbonyl (C=O) groups excluding carboxylic acids is 1. The van der Waals surface area contributed by atoms with Gasteiger partial charge < -0.3 is 9.64 Å². The monoisotopic (exact) mass is 378 g/mol. The first-order valence-corrected chi connectivity index (χ1v) is 9.82. The minimum atomic E-state index is -3.62. The summed E-state index contributed by atoms with van der Waals surface area (Å²) in [7, 11) is -3.62. The summed E-state index contributed by atoms with van der Waals surface area (Å²) < 4.78 is 45.6. The summed E-state index contributed by atoms with van der Waals surface area (Å²) in [5, 5.41) is 0. The number of amides is 1. The van der Waals surface area contributed by atoms with Crippen molar-refractivity contribution in [2.45, 2.75) is 6.42 Å². The Morgan fingerprint density at radius 3 is 2.54 bits per heavy atom. The number of carbonyl (C=O) groups is 1. The Kier molecular flexibility index (Phi) is 5.53. The minimum Gasteiger partial charge on any atom is -0.370 e. The van der Waals surface area contributed by atoms with Crippen molar-refractivity contribution in [1.82, 2.24) is 0 Å². The van der Waals surface area contributed by atoms with E-state index in [0.29, 0.717) is 30.1 Å². The highest BCUT2D eigenvalue weighted by atomic mass is 32.2. The molecule has 0 bridgehead atoms. The first-order valence-electron chi connectivity index (χ1n) is 8.17. The molecule has 2 aromatic rings. The molecule has 0 aliphatic carbocycles. The molecule has 0 radical (unpaired) electrons. The Morgan fingerprint density at radius 1 is 1.12 bits per heavy atom. The first kappa shape index (κ1) is 18.3. The molecule has 1 aliphatic rings. The standard InChI is InChI=1S/C18H19FN2O4S/c19-17-4-2-1-3-14(17)9-12-26(23,24)20-15-5-7-16(8-6-15)21-10-11-25-13-18(21)22/h1-8,20H,9-13H2. The molecule has 1 amide bonds. The van der Waals surface area contributed by atoms with Gasteiger partial charge in [0.2, 0.25) is 10.0 Å². The number of aryl methyl sites for hydroxylation is 1. The number of morpholine rings is 1. The number of anilines is 2. The summed E-state index contributed by atoms with van der Waals surface area (Å²) in [6, 6.07) is 12.7. The van der Waals surface area contributed by atoms with Crippen LogP contribution in [-0.4, -0.2) is 39.8 Å². The van der Waals surface area contributed by atoms with Gasteiger partial charge in [-0.2, -0.15) is 0 Å². The topological polar surface area (TPSA) is 75.7 Å². The molecule has 0 aromatic heterocycles. The second-order valence-corrected chi connectivity index (χ2v) is 7.75. The Bertz CT molecular complexity index is 884. The number of benzene rings is 2. The summed E-state index contributed by atoms with van der Waals surface area (Å²) in [6.07, 6.45) is 0.0857. The SMILES string of the molecule is O=C1COCCN1c1ccc(NS(=O)(=O)CCc2ccccc2F)cc1. The highest BCUT2D eigenvalue weighted by Crippen LogP contribution is 2.20. The van der Waals surface area contributed by atoms with Crippen LogP contribution in [0.5, 0.6) is 0 Å². The molecule has 3 rings (SSSR count). The summed E-state index contributed by atoms with van der Waals surface area (Å²) in [4.78, 5) is 13.4. The van der Waals surface area contributed by atoms with Gasteiger partial charge >= 0.3 is 0 Å². The van der Waals surface area contributed by atoms with Gasteiger partial charge in [0.05, 0.1) is 12.4 Å². The third-order valence-electron chi connectivity index (χ3n) is 4.04. The normalized spacial score (nSPS) is 15.1. The highest BCUT2D eigenvalue weighted by molar-refractivity contribution is 7.92. The Labute approximate surface area is 151 Å². The van der Waals surface area contributed by atoms with Crippen LogP contribution in [0.4, 0.5) is 15.8 Å². The molecule has 1 saturated heterocycles. The fourth-order valence-electron chi connectivity index (χ4n) is 2.68. The summed E-state index contributed by atoms with van der Waals surface area (Å²) in [6.45, 7) is 0.979. The quantitative estimate of drug-likeness (QED) is 0.836. The van der Waals surface area contributed by atoms with E-state index in [0.717, 1.165) is 0 Å². The lowest BCUT2D eigenvalue weighted by Gasteiger charge is -2.26. The van der Waals surface area contributed by atoms with Gasteiger partial charge in [-0.3, -0.25) is 9.52 Å². The highest BCUT2D eigenvalue weighted by Gasteiger charge is 2.20. The van der Waals surface area contributed by atoms with Crippen LogP contribution in [0.15, 0.2) is 48.5 Å². The van der Waals surface area contributed by atoms with Crippen molar-refractivity contribution in [2.75, 3.05) is 35.1 Å². The second-order valence-electron chi connectivity index (χ2n) is 5.91. The molecule has 1 heterocycles. The van der Waals surface area contributed by atoms with E-state index in [9.17, 15) is 17.6 Å². The van der Waals surface area contributed by atoms with Crippen LogP contribution in [0.1, 0.15) is 5.56 Å². The molecular formula is C18H19FN2O4S. The van der Waals surface area contributed by atoms with Crippen molar-refractivity contribution in [3.63, 3.8) is 0 Å². The number of rotatable bonds is 6. The van der Waals surface area contributed by atoms with E-state index < -0.39 is 15.8 Å². The molecular weight excluding hydrogens is 359 g/mol. The molecule has 0 saturated carbocycles. The van der Waals surface area contributed by atoms with E-state index in [1.54, 1.807) is 47.4 Å². The number of halogens is 1. The maximum Gasteiger partial charge on any atom is 0.253 e. The van der Waals surface area contributed by atoms with E-state index in [-0.39, 0.29) is 24.7 Å². The number of hydrogen-bond acceptors (Lipinski definition) is 4. The third-order valence-corrected chi connectivity index (χ3v) is 5.32. The van der Waals surface area contributed by atoms with Gasteiger partial charge in [0.1, 0.15) is 12.4 Å². The van der Waals surface area contributed by atoms with Crippen LogP contribution in [0, 0.1) is 5.82 Å². The zero-order valence-electron chi connectivity index (χ0n) is 14.0. The Balaban J connectivity index is 1.62. The predicted octanol–water partition coefficient (Wildman–Crippen LogP) is 2.17. The summed E-state index contributed by atoms with van der Waals surface area (Å²) in [5.74, 6) is -0.769. The summed E-state index contributed by atoms with van der Waals surface area (Å²) in [5.41, 5.74) is 1.44. The van der Waals surface area contributed by atoms with Crippen LogP contribution < -0.4 is 9.62 Å². The molecule has 138 valence electrons. The van der Waals surface area contributed by atoms with Crippen LogP contribution in [-0.2, 0) is 26.0 Å². The Morgan fingerprint density at radius 2 is 1.85 bits per heavy atom. The maximum atomic E-state index is 13.6. The van der Waals surface area contributed by atoms with Gasteiger partial charge in [-0.05, 0) is 42.3 Å². The van der Waals surface area contributed by atoms with E-state index in [1.807, 2.05) is 0 Å². The zero-order chi connectivity index (χ0) is 18.6. The zero-order valence-corrected chi connectivity index (χ0v) is 14.8. The van der Waals surface area contributed by atoms with Gasteiger partial charge in [-0.1, -0.05) is 18.2 Å². The van der Waals surface area contributed by atoms with Gasteiger partial charge in [-0.15, -0.1) is 0 Å². The fourth-order valence-corrected chi connectivity index (χ4v) is 3.76. The van der Waals surface area contributed by atoms with Crippen molar-refractivity contribution in [3.8, 4) is 0 Å². The Hall–Kier alpha value is -2.45. The average molecular weight is 378 g/mol. The lowest BCUT2D eigenvalue weighted by Crippen LogP contribution is -2.41. The minimum absolute atomic E-state index is 0.0461. The van der Waals surface area contributed by atoms with Gasteiger partial charge in [-0.25, -0.2) is 12.8 Å². The predicted molar refractivity (Wildman–Crippen MR) is 97.1 cm³/mol. The van der Waals surface area contributed by atoms with Gasteiger partial charge in [0, 0.05) is 17.9 Å². The third kappa shape index (κ3) is 4.59. The van der Waals surface area contributed by atoms with E-state index in [4.69, 9.17) is 4.74 Å². The van der Waals surface area contributed by atoms with Crippen LogP contribution in [0.25, 0.3) is 0 Å². The van der Waals surface area contributed by atoms with Crippen molar-refractivity contribution in [1.29, 1.82) is 0 Å².